The van der Waals surface area contributed by atoms with Crippen molar-refractivity contribution in [1.82, 2.24) is 4.90 Å². The minimum absolute atomic E-state index is 0.0711. The molecule has 6 heteroatoms. The smallest absolute Gasteiger partial charge is 0.253 e. The predicted molar refractivity (Wildman–Crippen MR) is 102 cm³/mol. The van der Waals surface area contributed by atoms with E-state index in [1.165, 1.54) is 29.8 Å². The molecule has 2 aliphatic heterocycles. The molecule has 0 saturated carbocycles. The highest BCUT2D eigenvalue weighted by molar-refractivity contribution is 5.94. The number of carbonyl (C=O) groups is 1. The van der Waals surface area contributed by atoms with Gasteiger partial charge in [0, 0.05) is 18.7 Å². The summed E-state index contributed by atoms with van der Waals surface area (Å²) in [6.45, 7) is 1.82. The molecule has 0 radical (unpaired) electrons. The Labute approximate surface area is 164 Å². The van der Waals surface area contributed by atoms with Gasteiger partial charge >= 0.3 is 0 Å². The Bertz CT molecular complexity index is 873. The van der Waals surface area contributed by atoms with Crippen molar-refractivity contribution in [2.45, 2.75) is 24.9 Å². The highest BCUT2D eigenvalue weighted by Gasteiger charge is 2.42. The van der Waals surface area contributed by atoms with E-state index in [1.54, 1.807) is 14.2 Å². The number of piperidine rings is 1. The molecule has 2 aliphatic rings. The van der Waals surface area contributed by atoms with E-state index in [9.17, 15) is 9.18 Å². The molecule has 0 aliphatic carbocycles. The molecule has 2 aromatic rings. The molecule has 1 saturated heterocycles. The minimum Gasteiger partial charge on any atom is -0.493 e. The van der Waals surface area contributed by atoms with Gasteiger partial charge in [0.2, 0.25) is 0 Å². The number of benzene rings is 2. The van der Waals surface area contributed by atoms with E-state index in [0.717, 1.165) is 17.7 Å². The van der Waals surface area contributed by atoms with E-state index in [4.69, 9.17) is 14.2 Å². The monoisotopic (exact) mass is 385 g/mol. The second kappa shape index (κ2) is 7.43. The normalized spacial score (nSPS) is 17.9. The summed E-state index contributed by atoms with van der Waals surface area (Å²) < 4.78 is 30.3. The molecule has 2 heterocycles. The third-order valence-corrected chi connectivity index (χ3v) is 5.80. The van der Waals surface area contributed by atoms with Crippen molar-refractivity contribution in [2.24, 2.45) is 0 Å². The van der Waals surface area contributed by atoms with E-state index in [0.29, 0.717) is 43.9 Å². The van der Waals surface area contributed by atoms with Crippen LogP contribution in [0.25, 0.3) is 0 Å². The lowest BCUT2D eigenvalue weighted by Crippen LogP contribution is -2.48. The first-order valence-corrected chi connectivity index (χ1v) is 9.50. The molecule has 28 heavy (non-hydrogen) atoms. The standard InChI is InChI=1S/C22H24FNO4/c1-26-19-13-16-7-12-28-22(18(16)14-20(19)27-2)8-10-24(11-9-22)21(25)15-3-5-17(23)6-4-15/h3-6,13-14H,7-12H2,1-2H3. The zero-order valence-corrected chi connectivity index (χ0v) is 16.2. The third-order valence-electron chi connectivity index (χ3n) is 5.80. The zero-order chi connectivity index (χ0) is 19.7. The second-order valence-corrected chi connectivity index (χ2v) is 7.26. The number of ether oxygens (including phenoxy) is 3. The number of halogens is 1. The second-order valence-electron chi connectivity index (χ2n) is 7.26. The lowest BCUT2D eigenvalue weighted by atomic mass is 9.79. The molecule has 2 aromatic carbocycles. The van der Waals surface area contributed by atoms with E-state index in [-0.39, 0.29) is 11.7 Å². The summed E-state index contributed by atoms with van der Waals surface area (Å²) in [7, 11) is 3.27. The fourth-order valence-electron chi connectivity index (χ4n) is 4.25. The molecule has 0 N–H and O–H groups in total. The fraction of sp³-hybridized carbons (Fsp3) is 0.409. The molecule has 0 aromatic heterocycles. The number of hydrogen-bond donors (Lipinski definition) is 0. The summed E-state index contributed by atoms with van der Waals surface area (Å²) in [5, 5.41) is 0. The van der Waals surface area contributed by atoms with Gasteiger partial charge in [0.15, 0.2) is 11.5 Å². The number of methoxy groups -OCH3 is 2. The topological polar surface area (TPSA) is 48.0 Å². The molecular formula is C22H24FNO4. The third kappa shape index (κ3) is 3.22. The molecule has 4 rings (SSSR count). The first-order valence-electron chi connectivity index (χ1n) is 9.50. The Morgan fingerprint density at radius 1 is 1.07 bits per heavy atom. The minimum atomic E-state index is -0.410. The van der Waals surface area contributed by atoms with Crippen LogP contribution in [0.1, 0.15) is 34.3 Å². The zero-order valence-electron chi connectivity index (χ0n) is 16.2. The molecule has 148 valence electrons. The summed E-state index contributed by atoms with van der Waals surface area (Å²) in [5.41, 5.74) is 2.44. The Morgan fingerprint density at radius 3 is 2.36 bits per heavy atom. The van der Waals surface area contributed by atoms with Crippen LogP contribution in [-0.2, 0) is 16.8 Å². The van der Waals surface area contributed by atoms with E-state index >= 15 is 0 Å². The molecular weight excluding hydrogens is 361 g/mol. The number of hydrogen-bond acceptors (Lipinski definition) is 4. The van der Waals surface area contributed by atoms with Crippen molar-refractivity contribution in [3.05, 3.63) is 58.9 Å². The molecule has 0 bridgehead atoms. The Kier molecular flexibility index (Phi) is 4.98. The summed E-state index contributed by atoms with van der Waals surface area (Å²) in [6, 6.07) is 9.76. The summed E-state index contributed by atoms with van der Waals surface area (Å²) in [5.74, 6) is 1.00. The van der Waals surface area contributed by atoms with Gasteiger partial charge in [-0.05, 0) is 66.8 Å². The van der Waals surface area contributed by atoms with Gasteiger partial charge < -0.3 is 19.1 Å². The van der Waals surface area contributed by atoms with Crippen LogP contribution < -0.4 is 9.47 Å². The van der Waals surface area contributed by atoms with Gasteiger partial charge in [0.05, 0.1) is 26.4 Å². The predicted octanol–water partition coefficient (Wildman–Crippen LogP) is 3.55. The van der Waals surface area contributed by atoms with Crippen molar-refractivity contribution in [1.29, 1.82) is 0 Å². The van der Waals surface area contributed by atoms with E-state index in [2.05, 4.69) is 0 Å². The van der Waals surface area contributed by atoms with Gasteiger partial charge in [0.1, 0.15) is 5.82 Å². The van der Waals surface area contributed by atoms with Crippen LogP contribution in [-0.4, -0.2) is 44.7 Å². The van der Waals surface area contributed by atoms with Gasteiger partial charge in [-0.2, -0.15) is 0 Å². The number of likely N-dealkylation sites (tertiary alicyclic amines) is 1. The number of rotatable bonds is 3. The Hall–Kier alpha value is -2.60. The molecule has 1 fully saturated rings. The Balaban J connectivity index is 1.56. The molecule has 1 spiro atoms. The van der Waals surface area contributed by atoms with Crippen molar-refractivity contribution in [3.63, 3.8) is 0 Å². The summed E-state index contributed by atoms with van der Waals surface area (Å²) >= 11 is 0. The maximum atomic E-state index is 13.1. The van der Waals surface area contributed by atoms with Gasteiger partial charge in [-0.15, -0.1) is 0 Å². The van der Waals surface area contributed by atoms with Crippen LogP contribution in [0.4, 0.5) is 4.39 Å². The van der Waals surface area contributed by atoms with Gasteiger partial charge in [-0.3, -0.25) is 4.79 Å². The Morgan fingerprint density at radius 2 is 1.71 bits per heavy atom. The first-order chi connectivity index (χ1) is 13.6. The largest absolute Gasteiger partial charge is 0.493 e. The van der Waals surface area contributed by atoms with Crippen LogP contribution >= 0.6 is 0 Å². The summed E-state index contributed by atoms with van der Waals surface area (Å²) in [6.07, 6.45) is 2.25. The van der Waals surface area contributed by atoms with Crippen molar-refractivity contribution in [2.75, 3.05) is 33.9 Å². The van der Waals surface area contributed by atoms with E-state index < -0.39 is 5.60 Å². The fourth-order valence-corrected chi connectivity index (χ4v) is 4.25. The van der Waals surface area contributed by atoms with Gasteiger partial charge in [-0.25, -0.2) is 4.39 Å². The highest BCUT2D eigenvalue weighted by atomic mass is 19.1. The highest BCUT2D eigenvalue weighted by Crippen LogP contribution is 2.45. The van der Waals surface area contributed by atoms with Gasteiger partial charge in [-0.1, -0.05) is 0 Å². The van der Waals surface area contributed by atoms with Crippen LogP contribution in [0.3, 0.4) is 0 Å². The maximum Gasteiger partial charge on any atom is 0.253 e. The van der Waals surface area contributed by atoms with Crippen LogP contribution in [0.5, 0.6) is 11.5 Å². The lowest BCUT2D eigenvalue weighted by molar-refractivity contribution is -0.0936. The van der Waals surface area contributed by atoms with Crippen LogP contribution in [0, 0.1) is 5.82 Å². The number of carbonyl (C=O) groups excluding carboxylic acids is 1. The van der Waals surface area contributed by atoms with E-state index in [1.807, 2.05) is 17.0 Å². The quantitative estimate of drug-likeness (QED) is 0.811. The average Bonchev–Trinajstić information content (AvgIpc) is 2.74. The molecule has 5 nitrogen and oxygen atoms in total. The number of amides is 1. The van der Waals surface area contributed by atoms with Crippen molar-refractivity contribution >= 4 is 5.91 Å². The molecule has 0 atom stereocenters. The lowest BCUT2D eigenvalue weighted by Gasteiger charge is -2.45. The summed E-state index contributed by atoms with van der Waals surface area (Å²) in [4.78, 5) is 14.6. The van der Waals surface area contributed by atoms with Gasteiger partial charge in [0.25, 0.3) is 5.91 Å². The van der Waals surface area contributed by atoms with Crippen LogP contribution in [0.2, 0.25) is 0 Å². The van der Waals surface area contributed by atoms with Crippen molar-refractivity contribution < 1.29 is 23.4 Å². The SMILES string of the molecule is COc1cc2c(cc1OC)C1(CCN(C(=O)c3ccc(F)cc3)CC1)OCC2. The number of fused-ring (bicyclic) bond motifs is 2. The average molecular weight is 385 g/mol. The first kappa shape index (κ1) is 18.7. The van der Waals surface area contributed by atoms with Crippen LogP contribution in [0.15, 0.2) is 36.4 Å². The number of nitrogens with zero attached hydrogens (tertiary/aromatic N) is 1. The molecule has 1 amide bonds. The van der Waals surface area contributed by atoms with Crippen molar-refractivity contribution in [3.8, 4) is 11.5 Å². The molecule has 0 unspecified atom stereocenters. The maximum absolute atomic E-state index is 13.1.